The Kier molecular flexibility index (Phi) is 7.22. The van der Waals surface area contributed by atoms with Crippen LogP contribution in [0.5, 0.6) is 5.75 Å². The van der Waals surface area contributed by atoms with Gasteiger partial charge in [0.05, 0.1) is 23.5 Å². The zero-order chi connectivity index (χ0) is 26.3. The maximum atomic E-state index is 12.1. The van der Waals surface area contributed by atoms with Crippen molar-refractivity contribution < 1.29 is 9.90 Å². The summed E-state index contributed by atoms with van der Waals surface area (Å²) in [4.78, 5) is 29.1. The molecule has 0 unspecified atom stereocenters. The zero-order valence-electron chi connectivity index (χ0n) is 20.4. The van der Waals surface area contributed by atoms with Crippen LogP contribution in [0.2, 0.25) is 0 Å². The average Bonchev–Trinajstić information content (AvgIpc) is 2.97. The lowest BCUT2D eigenvalue weighted by atomic mass is 10.1. The Morgan fingerprint density at radius 3 is 2.63 bits per heavy atom. The summed E-state index contributed by atoms with van der Waals surface area (Å²) in [6.45, 7) is 2.98. The monoisotopic (exact) mass is 507 g/mol. The standard InChI is InChI=1S/C27H25N9O2/c28-26-22(17-21(33-34-26)20-6-1-2-7-23(20)37)35-13-15-36(16-14-35)25-9-12-30-24(32-25)8-4-11-31-27(38)19-5-3-10-29-18-19/h1-3,5-7,9-10,12,17-18,37H,11,13-16H2,(H2,28,34)(H,31,38). The fourth-order valence-corrected chi connectivity index (χ4v) is 4.08. The highest BCUT2D eigenvalue weighted by Crippen LogP contribution is 2.31. The number of aromatic nitrogens is 5. The van der Waals surface area contributed by atoms with Crippen LogP contribution >= 0.6 is 0 Å². The topological polar surface area (TPSA) is 146 Å². The van der Waals surface area contributed by atoms with Gasteiger partial charge in [0.2, 0.25) is 5.82 Å². The lowest BCUT2D eigenvalue weighted by Gasteiger charge is -2.36. The van der Waals surface area contributed by atoms with Crippen LogP contribution in [0.4, 0.5) is 17.3 Å². The summed E-state index contributed by atoms with van der Waals surface area (Å²) < 4.78 is 0. The minimum atomic E-state index is -0.238. The highest BCUT2D eigenvalue weighted by atomic mass is 16.3. The molecule has 4 aromatic rings. The van der Waals surface area contributed by atoms with Gasteiger partial charge >= 0.3 is 0 Å². The van der Waals surface area contributed by atoms with Gasteiger partial charge in [0.15, 0.2) is 5.82 Å². The van der Waals surface area contributed by atoms with Crippen molar-refractivity contribution >= 4 is 23.2 Å². The summed E-state index contributed by atoms with van der Waals surface area (Å²) in [6, 6.07) is 14.1. The van der Waals surface area contributed by atoms with Gasteiger partial charge in [-0.05, 0) is 42.3 Å². The number of rotatable bonds is 5. The lowest BCUT2D eigenvalue weighted by Crippen LogP contribution is -2.47. The van der Waals surface area contributed by atoms with Crippen LogP contribution in [0.15, 0.2) is 67.1 Å². The average molecular weight is 508 g/mol. The molecule has 3 aromatic heterocycles. The van der Waals surface area contributed by atoms with E-state index in [1.807, 2.05) is 18.2 Å². The number of nitrogens with one attached hydrogen (secondary N) is 1. The highest BCUT2D eigenvalue weighted by Gasteiger charge is 2.22. The number of carbonyl (C=O) groups excluding carboxylic acids is 1. The Labute approximate surface area is 219 Å². The van der Waals surface area contributed by atoms with E-state index < -0.39 is 0 Å². The van der Waals surface area contributed by atoms with Crippen LogP contribution in [0.1, 0.15) is 16.2 Å². The van der Waals surface area contributed by atoms with Crippen LogP contribution in [0.25, 0.3) is 11.3 Å². The number of benzene rings is 1. The zero-order valence-corrected chi connectivity index (χ0v) is 20.4. The second-order valence-corrected chi connectivity index (χ2v) is 8.46. The van der Waals surface area contributed by atoms with Gasteiger partial charge in [0, 0.05) is 50.3 Å². The van der Waals surface area contributed by atoms with Gasteiger partial charge in [0.1, 0.15) is 11.6 Å². The fraction of sp³-hybridized carbons (Fsp3) is 0.185. The van der Waals surface area contributed by atoms with E-state index in [1.165, 1.54) is 6.20 Å². The van der Waals surface area contributed by atoms with Crippen LogP contribution in [-0.2, 0) is 0 Å². The van der Waals surface area contributed by atoms with Crippen molar-refractivity contribution in [2.75, 3.05) is 48.3 Å². The minimum Gasteiger partial charge on any atom is -0.507 e. The molecule has 190 valence electrons. The van der Waals surface area contributed by atoms with E-state index in [-0.39, 0.29) is 18.2 Å². The Balaban J connectivity index is 1.20. The second-order valence-electron chi connectivity index (χ2n) is 8.46. The Morgan fingerprint density at radius 1 is 1.03 bits per heavy atom. The molecule has 0 saturated carbocycles. The number of aromatic hydroxyl groups is 1. The molecular weight excluding hydrogens is 482 g/mol. The first kappa shape index (κ1) is 24.5. The smallest absolute Gasteiger partial charge is 0.253 e. The quantitative estimate of drug-likeness (QED) is 0.341. The van der Waals surface area contributed by atoms with E-state index in [9.17, 15) is 9.90 Å². The maximum Gasteiger partial charge on any atom is 0.253 e. The Bertz CT molecular complexity index is 1490. The Hall–Kier alpha value is -5.24. The molecule has 0 aliphatic carbocycles. The largest absolute Gasteiger partial charge is 0.507 e. The van der Waals surface area contributed by atoms with Gasteiger partial charge in [-0.1, -0.05) is 18.1 Å². The molecule has 0 spiro atoms. The number of hydrogen-bond donors (Lipinski definition) is 3. The van der Waals surface area contributed by atoms with Crippen LogP contribution in [-0.4, -0.2) is 68.9 Å². The number of nitrogens with two attached hydrogens (primary N) is 1. The van der Waals surface area contributed by atoms with Gasteiger partial charge in [-0.15, -0.1) is 10.2 Å². The molecule has 4 heterocycles. The second kappa shape index (κ2) is 11.2. The summed E-state index contributed by atoms with van der Waals surface area (Å²) in [5.41, 5.74) is 8.57. The van der Waals surface area contributed by atoms with Crippen LogP contribution < -0.4 is 20.9 Å². The van der Waals surface area contributed by atoms with Gasteiger partial charge < -0.3 is 26.0 Å². The number of anilines is 3. The summed E-state index contributed by atoms with van der Waals surface area (Å²) in [6.07, 6.45) is 4.79. The highest BCUT2D eigenvalue weighted by molar-refractivity contribution is 5.93. The number of hydrogen-bond acceptors (Lipinski definition) is 10. The molecule has 11 heteroatoms. The van der Waals surface area contributed by atoms with Crippen molar-refractivity contribution in [1.82, 2.24) is 30.5 Å². The van der Waals surface area contributed by atoms with Crippen molar-refractivity contribution in [3.63, 3.8) is 0 Å². The SMILES string of the molecule is Nc1nnc(-c2ccccc2O)cc1N1CCN(c2ccnc(C#CCNC(=O)c3cccnc3)n2)CC1. The van der Waals surface area contributed by atoms with Gasteiger partial charge in [0.25, 0.3) is 5.91 Å². The number of amides is 1. The molecule has 1 aliphatic heterocycles. The third-order valence-electron chi connectivity index (χ3n) is 6.03. The van der Waals surface area contributed by atoms with E-state index in [1.54, 1.807) is 42.7 Å². The summed E-state index contributed by atoms with van der Waals surface area (Å²) in [5.74, 6) is 7.20. The van der Waals surface area contributed by atoms with Crippen molar-refractivity contribution in [3.8, 4) is 28.8 Å². The number of carbonyl (C=O) groups is 1. The minimum absolute atomic E-state index is 0.140. The number of piperazine rings is 1. The van der Waals surface area contributed by atoms with Crippen molar-refractivity contribution in [3.05, 3.63) is 78.5 Å². The molecule has 38 heavy (non-hydrogen) atoms. The molecule has 0 radical (unpaired) electrons. The summed E-state index contributed by atoms with van der Waals surface area (Å²) in [5, 5.41) is 21.2. The first-order valence-electron chi connectivity index (χ1n) is 12.0. The number of phenolic OH excluding ortho intramolecular Hbond substituents is 1. The molecule has 1 aliphatic rings. The third kappa shape index (κ3) is 5.60. The molecule has 1 fully saturated rings. The van der Waals surface area contributed by atoms with Gasteiger partial charge in [-0.25, -0.2) is 9.97 Å². The van der Waals surface area contributed by atoms with Crippen LogP contribution in [0.3, 0.4) is 0 Å². The van der Waals surface area contributed by atoms with Crippen molar-refractivity contribution in [2.45, 2.75) is 0 Å². The summed E-state index contributed by atoms with van der Waals surface area (Å²) >= 11 is 0. The van der Waals surface area contributed by atoms with Gasteiger partial charge in [-0.2, -0.15) is 0 Å². The molecule has 5 rings (SSSR count). The molecule has 4 N–H and O–H groups in total. The fourth-order valence-electron chi connectivity index (χ4n) is 4.08. The van der Waals surface area contributed by atoms with E-state index in [0.717, 1.165) is 11.5 Å². The number of phenols is 1. The number of nitrogen functional groups attached to an aromatic ring is 1. The van der Waals surface area contributed by atoms with Gasteiger partial charge in [-0.3, -0.25) is 9.78 Å². The number of pyridine rings is 1. The lowest BCUT2D eigenvalue weighted by molar-refractivity contribution is 0.0958. The van der Waals surface area contributed by atoms with E-state index >= 15 is 0 Å². The van der Waals surface area contributed by atoms with E-state index in [2.05, 4.69) is 52.1 Å². The molecule has 1 amide bonds. The molecule has 0 bridgehead atoms. The predicted molar refractivity (Wildman–Crippen MR) is 143 cm³/mol. The normalized spacial score (nSPS) is 12.9. The summed E-state index contributed by atoms with van der Waals surface area (Å²) in [7, 11) is 0. The van der Waals surface area contributed by atoms with Crippen molar-refractivity contribution in [1.29, 1.82) is 0 Å². The maximum absolute atomic E-state index is 12.1. The molecule has 0 atom stereocenters. The number of nitrogens with zero attached hydrogens (tertiary/aromatic N) is 7. The first-order chi connectivity index (χ1) is 18.6. The Morgan fingerprint density at radius 2 is 1.84 bits per heavy atom. The third-order valence-corrected chi connectivity index (χ3v) is 6.03. The van der Waals surface area contributed by atoms with Crippen molar-refractivity contribution in [2.24, 2.45) is 0 Å². The van der Waals surface area contributed by atoms with Crippen LogP contribution in [0, 0.1) is 11.8 Å². The molecular formula is C27H25N9O2. The molecule has 1 aromatic carbocycles. The first-order valence-corrected chi connectivity index (χ1v) is 12.0. The predicted octanol–water partition coefficient (Wildman–Crippen LogP) is 1.72. The van der Waals surface area contributed by atoms with E-state index in [4.69, 9.17) is 5.73 Å². The van der Waals surface area contributed by atoms with E-state index in [0.29, 0.717) is 54.6 Å². The molecule has 1 saturated heterocycles. The molecule has 11 nitrogen and oxygen atoms in total. The number of para-hydroxylation sites is 1.